The lowest BCUT2D eigenvalue weighted by Gasteiger charge is -2.30. The minimum absolute atomic E-state index is 0.0484. The molecule has 150 valence electrons. The topological polar surface area (TPSA) is 90.5 Å². The van der Waals surface area contributed by atoms with Gasteiger partial charge in [-0.1, -0.05) is 48.5 Å². The van der Waals surface area contributed by atoms with Gasteiger partial charge in [-0.15, -0.1) is 0 Å². The molecule has 3 rings (SSSR count). The summed E-state index contributed by atoms with van der Waals surface area (Å²) < 4.78 is 0. The maximum Gasteiger partial charge on any atom is 0.286 e. The molecule has 7 nitrogen and oxygen atoms in total. The Kier molecular flexibility index (Phi) is 6.63. The highest BCUT2D eigenvalue weighted by molar-refractivity contribution is 6.01. The zero-order valence-electron chi connectivity index (χ0n) is 16.3. The summed E-state index contributed by atoms with van der Waals surface area (Å²) in [6, 6.07) is 17.1. The standard InChI is InChI=1S/C22H24N4O3/c1-16(27)23-19(14-17-8-3-2-4-9-17)22(29)25-24-21(28)15-26-13-7-11-18-10-5-6-12-20(18)26/h2-6,8-10,12,14H,7,11,13,15H2,1H3,(H,23,27)(H,24,28)(H,25,29)/b19-14-. The van der Waals surface area contributed by atoms with E-state index in [1.165, 1.54) is 12.5 Å². The molecule has 0 atom stereocenters. The second-order valence-electron chi connectivity index (χ2n) is 6.81. The molecule has 0 unspecified atom stereocenters. The maximum absolute atomic E-state index is 12.5. The molecule has 0 spiro atoms. The number of carbonyl (C=O) groups is 3. The van der Waals surface area contributed by atoms with Gasteiger partial charge in [-0.05, 0) is 36.1 Å². The first-order valence-corrected chi connectivity index (χ1v) is 9.49. The van der Waals surface area contributed by atoms with Crippen LogP contribution in [0.15, 0.2) is 60.3 Å². The summed E-state index contributed by atoms with van der Waals surface area (Å²) in [5, 5.41) is 2.49. The number of para-hydroxylation sites is 1. The van der Waals surface area contributed by atoms with Crippen molar-refractivity contribution < 1.29 is 14.4 Å². The Balaban J connectivity index is 1.60. The molecule has 2 aromatic rings. The molecule has 2 aromatic carbocycles. The van der Waals surface area contributed by atoms with Crippen LogP contribution in [0.25, 0.3) is 6.08 Å². The van der Waals surface area contributed by atoms with Crippen LogP contribution in [-0.4, -0.2) is 30.8 Å². The van der Waals surface area contributed by atoms with Crippen molar-refractivity contribution in [2.45, 2.75) is 19.8 Å². The van der Waals surface area contributed by atoms with Gasteiger partial charge < -0.3 is 10.2 Å². The molecule has 0 aromatic heterocycles. The summed E-state index contributed by atoms with van der Waals surface area (Å²) in [5.41, 5.74) is 7.86. The molecular weight excluding hydrogens is 368 g/mol. The van der Waals surface area contributed by atoms with E-state index in [0.717, 1.165) is 30.6 Å². The third-order valence-electron chi connectivity index (χ3n) is 4.52. The van der Waals surface area contributed by atoms with Gasteiger partial charge in [-0.25, -0.2) is 0 Å². The molecular formula is C22H24N4O3. The molecule has 3 N–H and O–H groups in total. The number of aryl methyl sites for hydroxylation is 1. The van der Waals surface area contributed by atoms with Gasteiger partial charge in [-0.2, -0.15) is 0 Å². The van der Waals surface area contributed by atoms with Crippen molar-refractivity contribution in [3.63, 3.8) is 0 Å². The van der Waals surface area contributed by atoms with Gasteiger partial charge in [0, 0.05) is 19.2 Å². The Bertz CT molecular complexity index is 925. The van der Waals surface area contributed by atoms with Crippen LogP contribution in [0.4, 0.5) is 5.69 Å². The fraction of sp³-hybridized carbons (Fsp3) is 0.227. The second-order valence-corrected chi connectivity index (χ2v) is 6.81. The molecule has 3 amide bonds. The number of hydrogen-bond donors (Lipinski definition) is 3. The predicted octanol–water partition coefficient (Wildman–Crippen LogP) is 1.76. The van der Waals surface area contributed by atoms with E-state index in [4.69, 9.17) is 0 Å². The fourth-order valence-electron chi connectivity index (χ4n) is 3.25. The van der Waals surface area contributed by atoms with Gasteiger partial charge >= 0.3 is 0 Å². The third kappa shape index (κ3) is 5.68. The Hall–Kier alpha value is -3.61. The zero-order valence-corrected chi connectivity index (χ0v) is 16.3. The number of nitrogens with zero attached hydrogens (tertiary/aromatic N) is 1. The van der Waals surface area contributed by atoms with Crippen LogP contribution >= 0.6 is 0 Å². The SMILES string of the molecule is CC(=O)N/C(=C\c1ccccc1)C(=O)NNC(=O)CN1CCCc2ccccc21. The van der Waals surface area contributed by atoms with Gasteiger partial charge in [-0.3, -0.25) is 25.2 Å². The Morgan fingerprint density at radius 1 is 1.00 bits per heavy atom. The molecule has 0 bridgehead atoms. The molecule has 1 aliphatic rings. The number of carbonyl (C=O) groups excluding carboxylic acids is 3. The number of nitrogens with one attached hydrogen (secondary N) is 3. The molecule has 29 heavy (non-hydrogen) atoms. The van der Waals surface area contributed by atoms with E-state index in [2.05, 4.69) is 22.2 Å². The monoisotopic (exact) mass is 392 g/mol. The lowest BCUT2D eigenvalue weighted by molar-refractivity contribution is -0.127. The van der Waals surface area contributed by atoms with E-state index in [-0.39, 0.29) is 24.1 Å². The van der Waals surface area contributed by atoms with E-state index in [0.29, 0.717) is 0 Å². The van der Waals surface area contributed by atoms with Crippen LogP contribution in [0.2, 0.25) is 0 Å². The smallest absolute Gasteiger partial charge is 0.286 e. The summed E-state index contributed by atoms with van der Waals surface area (Å²) in [7, 11) is 0. The first kappa shape index (κ1) is 20.1. The number of amides is 3. The minimum Gasteiger partial charge on any atom is -0.362 e. The second kappa shape index (κ2) is 9.54. The molecule has 0 saturated carbocycles. The van der Waals surface area contributed by atoms with Crippen LogP contribution in [0.5, 0.6) is 0 Å². The number of rotatable bonds is 5. The normalized spacial score (nSPS) is 13.3. The zero-order chi connectivity index (χ0) is 20.6. The fourth-order valence-corrected chi connectivity index (χ4v) is 3.25. The highest BCUT2D eigenvalue weighted by Crippen LogP contribution is 2.26. The molecule has 1 heterocycles. The van der Waals surface area contributed by atoms with E-state index in [9.17, 15) is 14.4 Å². The molecule has 1 aliphatic heterocycles. The average Bonchev–Trinajstić information content (AvgIpc) is 2.72. The number of hydrogen-bond acceptors (Lipinski definition) is 4. The van der Waals surface area contributed by atoms with Gasteiger partial charge in [0.25, 0.3) is 11.8 Å². The summed E-state index contributed by atoms with van der Waals surface area (Å²) in [4.78, 5) is 38.2. The first-order valence-electron chi connectivity index (χ1n) is 9.49. The molecule has 0 fully saturated rings. The van der Waals surface area contributed by atoms with Gasteiger partial charge in [0.15, 0.2) is 0 Å². The minimum atomic E-state index is -0.601. The van der Waals surface area contributed by atoms with Crippen molar-refractivity contribution in [1.29, 1.82) is 0 Å². The van der Waals surface area contributed by atoms with Crippen LogP contribution < -0.4 is 21.1 Å². The van der Waals surface area contributed by atoms with Crippen LogP contribution in [-0.2, 0) is 20.8 Å². The lowest BCUT2D eigenvalue weighted by atomic mass is 10.0. The largest absolute Gasteiger partial charge is 0.362 e. The van der Waals surface area contributed by atoms with Gasteiger partial charge in [0.1, 0.15) is 5.70 Å². The third-order valence-corrected chi connectivity index (χ3v) is 4.52. The van der Waals surface area contributed by atoms with Crippen molar-refractivity contribution in [1.82, 2.24) is 16.2 Å². The maximum atomic E-state index is 12.5. The van der Waals surface area contributed by atoms with Crippen molar-refractivity contribution in [2.24, 2.45) is 0 Å². The van der Waals surface area contributed by atoms with Crippen LogP contribution in [0.1, 0.15) is 24.5 Å². The quantitative estimate of drug-likeness (QED) is 0.534. The van der Waals surface area contributed by atoms with Crippen molar-refractivity contribution in [3.05, 3.63) is 71.4 Å². The van der Waals surface area contributed by atoms with Crippen molar-refractivity contribution in [2.75, 3.05) is 18.0 Å². The highest BCUT2D eigenvalue weighted by atomic mass is 16.2. The van der Waals surface area contributed by atoms with E-state index < -0.39 is 5.91 Å². The van der Waals surface area contributed by atoms with Crippen LogP contribution in [0, 0.1) is 0 Å². The summed E-state index contributed by atoms with van der Waals surface area (Å²) >= 11 is 0. The van der Waals surface area contributed by atoms with E-state index in [1.54, 1.807) is 6.08 Å². The predicted molar refractivity (Wildman–Crippen MR) is 111 cm³/mol. The lowest BCUT2D eigenvalue weighted by Crippen LogP contribution is -2.49. The Morgan fingerprint density at radius 3 is 2.48 bits per heavy atom. The van der Waals surface area contributed by atoms with Gasteiger partial charge in [0.05, 0.1) is 6.54 Å². The van der Waals surface area contributed by atoms with E-state index >= 15 is 0 Å². The molecule has 7 heteroatoms. The number of fused-ring (bicyclic) bond motifs is 1. The number of hydrazine groups is 1. The van der Waals surface area contributed by atoms with E-state index in [1.807, 2.05) is 53.4 Å². The first-order chi connectivity index (χ1) is 14.0. The highest BCUT2D eigenvalue weighted by Gasteiger charge is 2.19. The summed E-state index contributed by atoms with van der Waals surface area (Å²) in [6.07, 6.45) is 3.52. The Labute approximate surface area is 169 Å². The van der Waals surface area contributed by atoms with Crippen molar-refractivity contribution in [3.8, 4) is 0 Å². The van der Waals surface area contributed by atoms with Crippen LogP contribution in [0.3, 0.4) is 0 Å². The van der Waals surface area contributed by atoms with Crippen molar-refractivity contribution >= 4 is 29.5 Å². The molecule has 0 saturated heterocycles. The Morgan fingerprint density at radius 2 is 1.72 bits per heavy atom. The molecule has 0 radical (unpaired) electrons. The number of benzene rings is 2. The summed E-state index contributed by atoms with van der Waals surface area (Å²) in [6.45, 7) is 2.23. The summed E-state index contributed by atoms with van der Waals surface area (Å²) in [5.74, 6) is -1.31. The molecule has 0 aliphatic carbocycles. The number of anilines is 1. The van der Waals surface area contributed by atoms with Gasteiger partial charge in [0.2, 0.25) is 5.91 Å². The average molecular weight is 392 g/mol.